The normalized spacial score (nSPS) is 15.8. The molecule has 1 heterocycles. The summed E-state index contributed by atoms with van der Waals surface area (Å²) in [4.78, 5) is 26.1. The molecule has 2 aromatic carbocycles. The van der Waals surface area contributed by atoms with E-state index in [1.807, 2.05) is 0 Å². The van der Waals surface area contributed by atoms with Crippen molar-refractivity contribution in [2.24, 2.45) is 0 Å². The Bertz CT molecular complexity index is 827. The molecule has 1 aliphatic heterocycles. The number of benzene rings is 2. The monoisotopic (exact) mass is 363 g/mol. The lowest BCUT2D eigenvalue weighted by Crippen LogP contribution is -2.47. The van der Waals surface area contributed by atoms with Gasteiger partial charge in [-0.1, -0.05) is 18.2 Å². The first-order chi connectivity index (χ1) is 12.5. The minimum Gasteiger partial charge on any atom is -0.475 e. The van der Waals surface area contributed by atoms with Crippen molar-refractivity contribution in [1.82, 2.24) is 0 Å². The van der Waals surface area contributed by atoms with Gasteiger partial charge in [-0.3, -0.25) is 4.79 Å². The lowest BCUT2D eigenvalue weighted by molar-refractivity contribution is -0.148. The third-order valence-electron chi connectivity index (χ3n) is 3.79. The number of methoxy groups -OCH3 is 1. The summed E-state index contributed by atoms with van der Waals surface area (Å²) in [7, 11) is 1.23. The van der Waals surface area contributed by atoms with Gasteiger partial charge >= 0.3 is 12.6 Å². The number of ether oxygens (including phenoxy) is 3. The molecule has 0 N–H and O–H groups in total. The van der Waals surface area contributed by atoms with Crippen LogP contribution in [0, 0.1) is 0 Å². The molecule has 0 unspecified atom stereocenters. The van der Waals surface area contributed by atoms with Crippen molar-refractivity contribution in [3.05, 3.63) is 54.1 Å². The van der Waals surface area contributed by atoms with Gasteiger partial charge in [0.15, 0.2) is 0 Å². The van der Waals surface area contributed by atoms with E-state index in [4.69, 9.17) is 9.47 Å². The molecule has 0 saturated heterocycles. The molecule has 2 aromatic rings. The summed E-state index contributed by atoms with van der Waals surface area (Å²) in [6.07, 6.45) is -0.987. The molecule has 0 aliphatic carbocycles. The summed E-state index contributed by atoms with van der Waals surface area (Å²) < 4.78 is 39.4. The smallest absolute Gasteiger partial charge is 0.387 e. The highest BCUT2D eigenvalue weighted by Crippen LogP contribution is 2.34. The molecular weight excluding hydrogens is 348 g/mol. The van der Waals surface area contributed by atoms with Crippen LogP contribution in [0.3, 0.4) is 0 Å². The van der Waals surface area contributed by atoms with Gasteiger partial charge in [-0.2, -0.15) is 8.78 Å². The third kappa shape index (κ3) is 3.58. The molecule has 136 valence electrons. The molecule has 0 saturated carbocycles. The summed E-state index contributed by atoms with van der Waals surface area (Å²) in [5, 5.41) is 0. The van der Waals surface area contributed by atoms with Crippen molar-refractivity contribution < 1.29 is 32.6 Å². The maximum Gasteiger partial charge on any atom is 0.387 e. The van der Waals surface area contributed by atoms with Crippen LogP contribution in [-0.4, -0.2) is 38.2 Å². The van der Waals surface area contributed by atoms with Crippen LogP contribution < -0.4 is 14.4 Å². The van der Waals surface area contributed by atoms with Crippen LogP contribution in [0.1, 0.15) is 10.4 Å². The standard InChI is InChI=1S/C18H15F2NO5/c1-24-17(23)15-10-21(13-7-2-3-8-14(13)26-15)16(22)11-5-4-6-12(9-11)25-18(19)20/h2-9,15,18H,10H2,1H3/t15-/m1/s1. The minimum absolute atomic E-state index is 0.0670. The third-order valence-corrected chi connectivity index (χ3v) is 3.79. The number of rotatable bonds is 4. The summed E-state index contributed by atoms with van der Waals surface area (Å²) in [5.74, 6) is -0.874. The number of carbonyl (C=O) groups excluding carboxylic acids is 2. The number of carbonyl (C=O) groups is 2. The Morgan fingerprint density at radius 1 is 1.19 bits per heavy atom. The predicted octanol–water partition coefficient (Wildman–Crippen LogP) is 2.87. The maximum atomic E-state index is 12.9. The van der Waals surface area contributed by atoms with Gasteiger partial charge in [0, 0.05) is 5.56 Å². The van der Waals surface area contributed by atoms with E-state index in [1.54, 1.807) is 24.3 Å². The Balaban J connectivity index is 1.94. The minimum atomic E-state index is -2.99. The molecule has 6 nitrogen and oxygen atoms in total. The number of nitrogens with zero attached hydrogens (tertiary/aromatic N) is 1. The number of anilines is 1. The Hall–Kier alpha value is -3.16. The molecule has 0 fully saturated rings. The van der Waals surface area contributed by atoms with Crippen LogP contribution in [-0.2, 0) is 9.53 Å². The van der Waals surface area contributed by atoms with Crippen molar-refractivity contribution >= 4 is 17.6 Å². The van der Waals surface area contributed by atoms with Gasteiger partial charge < -0.3 is 19.1 Å². The van der Waals surface area contributed by atoms with Crippen molar-refractivity contribution in [2.45, 2.75) is 12.7 Å². The van der Waals surface area contributed by atoms with E-state index in [2.05, 4.69) is 4.74 Å². The highest BCUT2D eigenvalue weighted by molar-refractivity contribution is 6.08. The van der Waals surface area contributed by atoms with Gasteiger partial charge in [0.05, 0.1) is 19.3 Å². The second-order valence-corrected chi connectivity index (χ2v) is 5.42. The Morgan fingerprint density at radius 2 is 1.96 bits per heavy atom. The first kappa shape index (κ1) is 17.7. The topological polar surface area (TPSA) is 65.1 Å². The van der Waals surface area contributed by atoms with E-state index in [0.29, 0.717) is 11.4 Å². The molecule has 1 aliphatic rings. The number of fused-ring (bicyclic) bond motifs is 1. The van der Waals surface area contributed by atoms with Gasteiger partial charge in [-0.15, -0.1) is 0 Å². The number of hydrogen-bond donors (Lipinski definition) is 0. The zero-order chi connectivity index (χ0) is 18.7. The quantitative estimate of drug-likeness (QED) is 0.782. The SMILES string of the molecule is COC(=O)[C@H]1CN(C(=O)c2cccc(OC(F)F)c2)c2ccccc2O1. The van der Waals surface area contributed by atoms with Crippen molar-refractivity contribution in [3.63, 3.8) is 0 Å². The van der Waals surface area contributed by atoms with Crippen LogP contribution in [0.5, 0.6) is 11.5 Å². The first-order valence-electron chi connectivity index (χ1n) is 7.70. The first-order valence-corrected chi connectivity index (χ1v) is 7.70. The molecule has 26 heavy (non-hydrogen) atoms. The van der Waals surface area contributed by atoms with E-state index in [9.17, 15) is 18.4 Å². The summed E-state index contributed by atoms with van der Waals surface area (Å²) >= 11 is 0. The molecule has 0 aromatic heterocycles. The van der Waals surface area contributed by atoms with E-state index in [0.717, 1.165) is 0 Å². The fourth-order valence-electron chi connectivity index (χ4n) is 2.64. The zero-order valence-electron chi connectivity index (χ0n) is 13.7. The lowest BCUT2D eigenvalue weighted by atomic mass is 10.1. The molecular formula is C18H15F2NO5. The second-order valence-electron chi connectivity index (χ2n) is 5.42. The molecule has 3 rings (SSSR count). The Labute approximate surface area is 147 Å². The average Bonchev–Trinajstić information content (AvgIpc) is 2.65. The van der Waals surface area contributed by atoms with Gasteiger partial charge in [0.25, 0.3) is 5.91 Å². The Morgan fingerprint density at radius 3 is 2.69 bits per heavy atom. The highest BCUT2D eigenvalue weighted by Gasteiger charge is 2.34. The van der Waals surface area contributed by atoms with E-state index >= 15 is 0 Å². The van der Waals surface area contributed by atoms with Crippen molar-refractivity contribution in [2.75, 3.05) is 18.6 Å². The molecule has 8 heteroatoms. The maximum absolute atomic E-state index is 12.9. The largest absolute Gasteiger partial charge is 0.475 e. The van der Waals surface area contributed by atoms with E-state index < -0.39 is 24.6 Å². The molecule has 1 amide bonds. The van der Waals surface area contributed by atoms with Gasteiger partial charge in [0.1, 0.15) is 11.5 Å². The summed E-state index contributed by atoms with van der Waals surface area (Å²) in [5.41, 5.74) is 0.612. The predicted molar refractivity (Wildman–Crippen MR) is 87.6 cm³/mol. The number of hydrogen-bond acceptors (Lipinski definition) is 5. The van der Waals surface area contributed by atoms with Crippen LogP contribution in [0.25, 0.3) is 0 Å². The number of para-hydroxylation sites is 2. The molecule has 1 atom stereocenters. The zero-order valence-corrected chi connectivity index (χ0v) is 13.7. The van der Waals surface area contributed by atoms with Gasteiger partial charge in [0.2, 0.25) is 6.10 Å². The van der Waals surface area contributed by atoms with Crippen LogP contribution in [0.4, 0.5) is 14.5 Å². The fraction of sp³-hybridized carbons (Fsp3) is 0.222. The number of amides is 1. The van der Waals surface area contributed by atoms with Crippen LogP contribution in [0.15, 0.2) is 48.5 Å². The fourth-order valence-corrected chi connectivity index (χ4v) is 2.64. The number of alkyl halides is 2. The molecule has 0 radical (unpaired) electrons. The molecule has 0 bridgehead atoms. The second kappa shape index (κ2) is 7.38. The Kier molecular flexibility index (Phi) is 5.01. The van der Waals surface area contributed by atoms with Gasteiger partial charge in [-0.05, 0) is 30.3 Å². The average molecular weight is 363 g/mol. The summed E-state index contributed by atoms with van der Waals surface area (Å²) in [6.45, 7) is -3.06. The number of esters is 1. The van der Waals surface area contributed by atoms with E-state index in [1.165, 1.54) is 36.3 Å². The van der Waals surface area contributed by atoms with Crippen LogP contribution in [0.2, 0.25) is 0 Å². The molecule has 0 spiro atoms. The van der Waals surface area contributed by atoms with E-state index in [-0.39, 0.29) is 17.9 Å². The van der Waals surface area contributed by atoms with Crippen molar-refractivity contribution in [1.29, 1.82) is 0 Å². The van der Waals surface area contributed by atoms with Crippen molar-refractivity contribution in [3.8, 4) is 11.5 Å². The summed E-state index contributed by atoms with van der Waals surface area (Å²) in [6, 6.07) is 12.2. The van der Waals surface area contributed by atoms with Crippen LogP contribution >= 0.6 is 0 Å². The lowest BCUT2D eigenvalue weighted by Gasteiger charge is -2.33. The number of halogens is 2. The van der Waals surface area contributed by atoms with Gasteiger partial charge in [-0.25, -0.2) is 4.79 Å². The highest BCUT2D eigenvalue weighted by atomic mass is 19.3.